The van der Waals surface area contributed by atoms with Crippen molar-refractivity contribution in [3.63, 3.8) is 0 Å². The van der Waals surface area contributed by atoms with Gasteiger partial charge in [0, 0.05) is 13.1 Å². The molecule has 1 heterocycles. The molecule has 3 heteroatoms. The second-order valence-corrected chi connectivity index (χ2v) is 5.78. The van der Waals surface area contributed by atoms with Gasteiger partial charge >= 0.3 is 0 Å². The van der Waals surface area contributed by atoms with Crippen LogP contribution in [-0.4, -0.2) is 18.5 Å². The number of amides is 1. The monoisotopic (exact) mass is 294 g/mol. The summed E-state index contributed by atoms with van der Waals surface area (Å²) in [4.78, 5) is 11.9. The van der Waals surface area contributed by atoms with Gasteiger partial charge in [-0.1, -0.05) is 54.6 Å². The van der Waals surface area contributed by atoms with Crippen molar-refractivity contribution in [3.8, 4) is 11.1 Å². The van der Waals surface area contributed by atoms with Gasteiger partial charge in [0.15, 0.2) is 0 Å². The fourth-order valence-corrected chi connectivity index (χ4v) is 2.82. The van der Waals surface area contributed by atoms with E-state index in [1.54, 1.807) is 0 Å². The van der Waals surface area contributed by atoms with Crippen LogP contribution >= 0.6 is 0 Å². The average Bonchev–Trinajstić information content (AvgIpc) is 2.78. The van der Waals surface area contributed by atoms with Crippen LogP contribution < -0.4 is 10.6 Å². The summed E-state index contributed by atoms with van der Waals surface area (Å²) in [7, 11) is 0. The fraction of sp³-hybridized carbons (Fsp3) is 0.316. The normalized spacial score (nSPS) is 18.5. The highest BCUT2D eigenvalue weighted by molar-refractivity contribution is 5.81. The molecule has 0 spiro atoms. The third-order valence-electron chi connectivity index (χ3n) is 4.15. The maximum atomic E-state index is 11.9. The minimum absolute atomic E-state index is 0.0590. The molecule has 2 aromatic rings. The molecule has 0 unspecified atom stereocenters. The summed E-state index contributed by atoms with van der Waals surface area (Å²) in [5.74, 6) is 0.137. The molecule has 22 heavy (non-hydrogen) atoms. The minimum Gasteiger partial charge on any atom is -0.355 e. The van der Waals surface area contributed by atoms with E-state index >= 15 is 0 Å². The van der Waals surface area contributed by atoms with Crippen LogP contribution in [0.1, 0.15) is 24.8 Å². The molecule has 1 fully saturated rings. The number of carbonyl (C=O) groups is 1. The zero-order chi connectivity index (χ0) is 15.2. The molecule has 0 aromatic heterocycles. The van der Waals surface area contributed by atoms with E-state index in [2.05, 4.69) is 59.2 Å². The molecule has 0 radical (unpaired) electrons. The molecule has 1 aliphatic rings. The van der Waals surface area contributed by atoms with Gasteiger partial charge in [-0.15, -0.1) is 0 Å². The van der Waals surface area contributed by atoms with E-state index in [1.807, 2.05) is 6.07 Å². The van der Waals surface area contributed by atoms with E-state index < -0.39 is 0 Å². The Morgan fingerprint density at radius 2 is 1.68 bits per heavy atom. The molecule has 114 valence electrons. The minimum atomic E-state index is -0.0590. The van der Waals surface area contributed by atoms with Crippen LogP contribution in [0.3, 0.4) is 0 Å². The Morgan fingerprint density at radius 1 is 0.955 bits per heavy atom. The summed E-state index contributed by atoms with van der Waals surface area (Å²) >= 11 is 0. The molecule has 3 rings (SSSR count). The largest absolute Gasteiger partial charge is 0.355 e. The first-order chi connectivity index (χ1) is 10.8. The third-order valence-corrected chi connectivity index (χ3v) is 4.15. The second kappa shape index (κ2) is 7.23. The standard InChI is InChI=1S/C19H22N2O/c22-19-18(8-4-5-13-20-19)21-14-15-9-11-17(12-10-15)16-6-2-1-3-7-16/h1-3,6-7,9-12,18,21H,4-5,8,13-14H2,(H,20,22)/t18-/m1/s1. The Balaban J connectivity index is 1.60. The Kier molecular flexibility index (Phi) is 4.86. The zero-order valence-electron chi connectivity index (χ0n) is 12.7. The third kappa shape index (κ3) is 3.74. The van der Waals surface area contributed by atoms with Gasteiger partial charge in [0.05, 0.1) is 6.04 Å². The Bertz CT molecular complexity index is 607. The molecule has 0 aliphatic carbocycles. The van der Waals surface area contributed by atoms with Gasteiger partial charge in [-0.25, -0.2) is 0 Å². The van der Waals surface area contributed by atoms with Crippen molar-refractivity contribution < 1.29 is 4.79 Å². The Hall–Kier alpha value is -2.13. The van der Waals surface area contributed by atoms with E-state index in [0.717, 1.165) is 32.4 Å². The molecule has 2 aromatic carbocycles. The van der Waals surface area contributed by atoms with Crippen molar-refractivity contribution in [2.75, 3.05) is 6.54 Å². The van der Waals surface area contributed by atoms with Crippen molar-refractivity contribution in [1.82, 2.24) is 10.6 Å². The van der Waals surface area contributed by atoms with Crippen LogP contribution in [0.2, 0.25) is 0 Å². The lowest BCUT2D eigenvalue weighted by Crippen LogP contribution is -2.42. The van der Waals surface area contributed by atoms with Crippen molar-refractivity contribution in [2.24, 2.45) is 0 Å². The summed E-state index contributed by atoms with van der Waals surface area (Å²) in [5, 5.41) is 6.33. The van der Waals surface area contributed by atoms with E-state index in [9.17, 15) is 4.79 Å². The molecule has 1 atom stereocenters. The highest BCUT2D eigenvalue weighted by Crippen LogP contribution is 2.19. The maximum absolute atomic E-state index is 11.9. The molecule has 1 saturated heterocycles. The predicted molar refractivity (Wildman–Crippen MR) is 89.4 cm³/mol. The summed E-state index contributed by atoms with van der Waals surface area (Å²) in [5.41, 5.74) is 3.65. The van der Waals surface area contributed by atoms with Crippen LogP contribution in [-0.2, 0) is 11.3 Å². The number of hydrogen-bond donors (Lipinski definition) is 2. The highest BCUT2D eigenvalue weighted by Gasteiger charge is 2.19. The van der Waals surface area contributed by atoms with Crippen LogP contribution in [0.25, 0.3) is 11.1 Å². The summed E-state index contributed by atoms with van der Waals surface area (Å²) in [6.07, 6.45) is 3.10. The smallest absolute Gasteiger partial charge is 0.237 e. The van der Waals surface area contributed by atoms with Gasteiger partial charge in [0.2, 0.25) is 5.91 Å². The lowest BCUT2D eigenvalue weighted by atomic mass is 10.0. The first-order valence-electron chi connectivity index (χ1n) is 7.98. The quantitative estimate of drug-likeness (QED) is 0.909. The molecule has 2 N–H and O–H groups in total. The molecule has 0 saturated carbocycles. The van der Waals surface area contributed by atoms with Crippen molar-refractivity contribution >= 4 is 5.91 Å². The van der Waals surface area contributed by atoms with E-state index in [1.165, 1.54) is 16.7 Å². The van der Waals surface area contributed by atoms with E-state index in [0.29, 0.717) is 0 Å². The predicted octanol–water partition coefficient (Wildman–Crippen LogP) is 3.11. The lowest BCUT2D eigenvalue weighted by Gasteiger charge is -2.15. The van der Waals surface area contributed by atoms with Crippen molar-refractivity contribution in [3.05, 3.63) is 60.2 Å². The van der Waals surface area contributed by atoms with Gasteiger partial charge in [0.1, 0.15) is 0 Å². The van der Waals surface area contributed by atoms with Crippen LogP contribution in [0.15, 0.2) is 54.6 Å². The van der Waals surface area contributed by atoms with Gasteiger partial charge < -0.3 is 10.6 Å². The van der Waals surface area contributed by atoms with Crippen LogP contribution in [0.4, 0.5) is 0 Å². The maximum Gasteiger partial charge on any atom is 0.237 e. The topological polar surface area (TPSA) is 41.1 Å². The molecular weight excluding hydrogens is 272 g/mol. The molecule has 0 bridgehead atoms. The zero-order valence-corrected chi connectivity index (χ0v) is 12.7. The summed E-state index contributed by atoms with van der Waals surface area (Å²) < 4.78 is 0. The highest BCUT2D eigenvalue weighted by atomic mass is 16.2. The number of carbonyl (C=O) groups excluding carboxylic acids is 1. The van der Waals surface area contributed by atoms with Crippen molar-refractivity contribution in [1.29, 1.82) is 0 Å². The van der Waals surface area contributed by atoms with Crippen LogP contribution in [0.5, 0.6) is 0 Å². The second-order valence-electron chi connectivity index (χ2n) is 5.78. The number of hydrogen-bond acceptors (Lipinski definition) is 2. The van der Waals surface area contributed by atoms with E-state index in [-0.39, 0.29) is 11.9 Å². The van der Waals surface area contributed by atoms with Gasteiger partial charge in [0.25, 0.3) is 0 Å². The van der Waals surface area contributed by atoms with Crippen molar-refractivity contribution in [2.45, 2.75) is 31.8 Å². The summed E-state index contributed by atoms with van der Waals surface area (Å²) in [6.45, 7) is 1.54. The Morgan fingerprint density at radius 3 is 2.45 bits per heavy atom. The van der Waals surface area contributed by atoms with Gasteiger partial charge in [-0.2, -0.15) is 0 Å². The molecule has 3 nitrogen and oxygen atoms in total. The number of rotatable bonds is 4. The lowest BCUT2D eigenvalue weighted by molar-refractivity contribution is -0.122. The average molecular weight is 294 g/mol. The van der Waals surface area contributed by atoms with Gasteiger partial charge in [-0.05, 0) is 36.0 Å². The fourth-order valence-electron chi connectivity index (χ4n) is 2.82. The first kappa shape index (κ1) is 14.8. The van der Waals surface area contributed by atoms with Gasteiger partial charge in [-0.3, -0.25) is 4.79 Å². The molecule has 1 amide bonds. The first-order valence-corrected chi connectivity index (χ1v) is 7.98. The number of benzene rings is 2. The Labute approximate surface area is 131 Å². The van der Waals surface area contributed by atoms with Crippen LogP contribution in [0, 0.1) is 0 Å². The molecule has 1 aliphatic heterocycles. The van der Waals surface area contributed by atoms with E-state index in [4.69, 9.17) is 0 Å². The number of nitrogens with one attached hydrogen (secondary N) is 2. The summed E-state index contributed by atoms with van der Waals surface area (Å²) in [6, 6.07) is 18.8. The SMILES string of the molecule is O=C1NCCCC[C@H]1NCc1ccc(-c2ccccc2)cc1. The molecular formula is C19H22N2O.